The first-order valence-corrected chi connectivity index (χ1v) is 8.31. The molecule has 2 bridgehead atoms. The van der Waals surface area contributed by atoms with Crippen LogP contribution in [0.3, 0.4) is 0 Å². The Bertz CT molecular complexity index is 534. The van der Waals surface area contributed by atoms with Crippen molar-refractivity contribution >= 4 is 17.0 Å². The summed E-state index contributed by atoms with van der Waals surface area (Å²) in [6.07, 6.45) is 11.4. The van der Waals surface area contributed by atoms with Crippen molar-refractivity contribution in [2.24, 2.45) is 5.92 Å². The summed E-state index contributed by atoms with van der Waals surface area (Å²) in [7, 11) is 0. The molecule has 3 aliphatic rings. The van der Waals surface area contributed by atoms with Crippen LogP contribution in [0, 0.1) is 5.92 Å². The minimum atomic E-state index is 0. The second-order valence-corrected chi connectivity index (χ2v) is 6.96. The summed E-state index contributed by atoms with van der Waals surface area (Å²) in [5.41, 5.74) is 5.38. The van der Waals surface area contributed by atoms with Crippen molar-refractivity contribution in [3.05, 3.63) is 47.5 Å². The molecule has 0 spiro atoms. The first-order chi connectivity index (χ1) is 9.85. The SMILES string of the molecule is Br.C=CCc1cccc2c1C[C@H]1NCC[C@@]23CCCC[C@@H]13. The van der Waals surface area contributed by atoms with Gasteiger partial charge in [-0.25, -0.2) is 0 Å². The highest BCUT2D eigenvalue weighted by Gasteiger charge is 2.51. The van der Waals surface area contributed by atoms with Crippen LogP contribution in [-0.2, 0) is 18.3 Å². The molecular formula is C19H26BrN. The molecule has 114 valence electrons. The number of allylic oxidation sites excluding steroid dienone is 1. The number of hydrogen-bond acceptors (Lipinski definition) is 1. The Kier molecular flexibility index (Phi) is 4.29. The summed E-state index contributed by atoms with van der Waals surface area (Å²) >= 11 is 0. The lowest BCUT2D eigenvalue weighted by Gasteiger charge is -2.56. The van der Waals surface area contributed by atoms with Gasteiger partial charge in [-0.1, -0.05) is 37.1 Å². The third-order valence-corrected chi connectivity index (χ3v) is 6.16. The van der Waals surface area contributed by atoms with E-state index in [1.165, 1.54) is 50.6 Å². The number of fused-ring (bicyclic) bond motifs is 1. The van der Waals surface area contributed by atoms with E-state index in [1.54, 1.807) is 11.1 Å². The normalized spacial score (nSPS) is 33.3. The molecule has 1 N–H and O–H groups in total. The number of benzene rings is 1. The summed E-state index contributed by atoms with van der Waals surface area (Å²) < 4.78 is 0. The maximum absolute atomic E-state index is 3.94. The third kappa shape index (κ3) is 2.22. The molecule has 1 saturated heterocycles. The highest BCUT2D eigenvalue weighted by atomic mass is 79.9. The van der Waals surface area contributed by atoms with Gasteiger partial charge in [-0.15, -0.1) is 23.6 Å². The van der Waals surface area contributed by atoms with Gasteiger partial charge in [-0.05, 0) is 61.3 Å². The Morgan fingerprint density at radius 3 is 3.05 bits per heavy atom. The molecule has 0 amide bonds. The molecule has 1 aromatic carbocycles. The van der Waals surface area contributed by atoms with E-state index >= 15 is 0 Å². The summed E-state index contributed by atoms with van der Waals surface area (Å²) in [5.74, 6) is 0.886. The molecule has 2 heteroatoms. The van der Waals surface area contributed by atoms with Crippen LogP contribution in [0.1, 0.15) is 48.8 Å². The zero-order chi connectivity index (χ0) is 13.6. The first kappa shape index (κ1) is 15.3. The Morgan fingerprint density at radius 2 is 2.19 bits per heavy atom. The van der Waals surface area contributed by atoms with Crippen molar-refractivity contribution in [2.45, 2.75) is 56.4 Å². The van der Waals surface area contributed by atoms with E-state index in [4.69, 9.17) is 0 Å². The lowest BCUT2D eigenvalue weighted by Crippen LogP contribution is -2.59. The Hall–Kier alpha value is -0.600. The van der Waals surface area contributed by atoms with Gasteiger partial charge in [0.25, 0.3) is 0 Å². The number of nitrogens with one attached hydrogen (secondary N) is 1. The van der Waals surface area contributed by atoms with Gasteiger partial charge in [0.1, 0.15) is 0 Å². The Morgan fingerprint density at radius 1 is 1.29 bits per heavy atom. The van der Waals surface area contributed by atoms with E-state index in [1.807, 2.05) is 0 Å². The van der Waals surface area contributed by atoms with Crippen LogP contribution in [-0.4, -0.2) is 12.6 Å². The van der Waals surface area contributed by atoms with Gasteiger partial charge >= 0.3 is 0 Å². The van der Waals surface area contributed by atoms with E-state index in [0.29, 0.717) is 5.41 Å². The number of hydrogen-bond donors (Lipinski definition) is 1. The topological polar surface area (TPSA) is 12.0 Å². The minimum absolute atomic E-state index is 0. The molecule has 3 atom stereocenters. The third-order valence-electron chi connectivity index (χ3n) is 6.16. The molecule has 2 fully saturated rings. The van der Waals surface area contributed by atoms with Crippen LogP contribution in [0.2, 0.25) is 0 Å². The monoisotopic (exact) mass is 347 g/mol. The molecule has 21 heavy (non-hydrogen) atoms. The van der Waals surface area contributed by atoms with Gasteiger partial charge in [-0.3, -0.25) is 0 Å². The smallest absolute Gasteiger partial charge is 0.0144 e. The molecule has 1 saturated carbocycles. The summed E-state index contributed by atoms with van der Waals surface area (Å²) in [5, 5.41) is 3.83. The molecule has 1 aromatic rings. The Labute approximate surface area is 139 Å². The minimum Gasteiger partial charge on any atom is -0.313 e. The second kappa shape index (κ2) is 5.89. The maximum Gasteiger partial charge on any atom is 0.0144 e. The van der Waals surface area contributed by atoms with Crippen molar-refractivity contribution in [3.63, 3.8) is 0 Å². The summed E-state index contributed by atoms with van der Waals surface area (Å²) in [6.45, 7) is 5.16. The van der Waals surface area contributed by atoms with E-state index in [0.717, 1.165) is 18.4 Å². The zero-order valence-corrected chi connectivity index (χ0v) is 14.4. The van der Waals surface area contributed by atoms with E-state index in [9.17, 15) is 0 Å². The van der Waals surface area contributed by atoms with E-state index < -0.39 is 0 Å². The van der Waals surface area contributed by atoms with E-state index in [2.05, 4.69) is 36.2 Å². The van der Waals surface area contributed by atoms with Crippen molar-refractivity contribution in [1.82, 2.24) is 5.32 Å². The average Bonchev–Trinajstić information content (AvgIpc) is 2.48. The number of piperidine rings is 1. The first-order valence-electron chi connectivity index (χ1n) is 8.31. The van der Waals surface area contributed by atoms with Crippen LogP contribution in [0.4, 0.5) is 0 Å². The number of rotatable bonds is 2. The van der Waals surface area contributed by atoms with Crippen LogP contribution in [0.15, 0.2) is 30.9 Å². The van der Waals surface area contributed by atoms with Gasteiger partial charge in [0.15, 0.2) is 0 Å². The fourth-order valence-electron chi connectivity index (χ4n) is 5.38. The van der Waals surface area contributed by atoms with Crippen molar-refractivity contribution in [3.8, 4) is 0 Å². The van der Waals surface area contributed by atoms with Gasteiger partial charge in [0.2, 0.25) is 0 Å². The summed E-state index contributed by atoms with van der Waals surface area (Å²) in [6, 6.07) is 7.78. The fraction of sp³-hybridized carbons (Fsp3) is 0.579. The molecule has 4 rings (SSSR count). The Balaban J connectivity index is 0.00000132. The number of halogens is 1. The molecule has 1 aliphatic heterocycles. The van der Waals surface area contributed by atoms with Crippen LogP contribution in [0.5, 0.6) is 0 Å². The molecule has 0 unspecified atom stereocenters. The van der Waals surface area contributed by atoms with Crippen molar-refractivity contribution in [1.29, 1.82) is 0 Å². The molecule has 0 aromatic heterocycles. The van der Waals surface area contributed by atoms with Crippen LogP contribution >= 0.6 is 17.0 Å². The second-order valence-electron chi connectivity index (χ2n) is 6.96. The molecule has 2 aliphatic carbocycles. The molecular weight excluding hydrogens is 322 g/mol. The highest BCUT2D eigenvalue weighted by Crippen LogP contribution is 2.54. The molecule has 1 nitrogen and oxygen atoms in total. The lowest BCUT2D eigenvalue weighted by molar-refractivity contribution is 0.0795. The van der Waals surface area contributed by atoms with Crippen molar-refractivity contribution < 1.29 is 0 Å². The standard InChI is InChI=1S/C19H25N.BrH/c1-2-6-14-7-5-9-16-15(14)13-18-17-8-3-4-10-19(16,17)11-12-20-18;/h2,5,7,9,17-18,20H,1,3-4,6,8,10-13H2;1H/t17-,18+,19-;/m0./s1. The fourth-order valence-corrected chi connectivity index (χ4v) is 5.38. The van der Waals surface area contributed by atoms with Gasteiger partial charge in [0.05, 0.1) is 0 Å². The zero-order valence-electron chi connectivity index (χ0n) is 12.7. The van der Waals surface area contributed by atoms with Gasteiger partial charge < -0.3 is 5.32 Å². The van der Waals surface area contributed by atoms with Crippen molar-refractivity contribution in [2.75, 3.05) is 6.54 Å². The van der Waals surface area contributed by atoms with Crippen LogP contribution < -0.4 is 5.32 Å². The van der Waals surface area contributed by atoms with Crippen LogP contribution in [0.25, 0.3) is 0 Å². The average molecular weight is 348 g/mol. The highest BCUT2D eigenvalue weighted by molar-refractivity contribution is 8.93. The lowest BCUT2D eigenvalue weighted by atomic mass is 9.52. The van der Waals surface area contributed by atoms with Gasteiger partial charge in [-0.2, -0.15) is 0 Å². The predicted octanol–water partition coefficient (Wildman–Crippen LogP) is 4.34. The van der Waals surface area contributed by atoms with E-state index in [-0.39, 0.29) is 17.0 Å². The maximum atomic E-state index is 3.94. The van der Waals surface area contributed by atoms with Gasteiger partial charge in [0, 0.05) is 11.5 Å². The summed E-state index contributed by atoms with van der Waals surface area (Å²) in [4.78, 5) is 0. The largest absolute Gasteiger partial charge is 0.313 e. The molecule has 0 radical (unpaired) electrons. The molecule has 1 heterocycles. The predicted molar refractivity (Wildman–Crippen MR) is 94.4 cm³/mol. The quantitative estimate of drug-likeness (QED) is 0.784.